The number of aliphatic imine (C=N–C) groups is 2. The second kappa shape index (κ2) is 10.9. The second-order valence-electron chi connectivity index (χ2n) is 11.7. The summed E-state index contributed by atoms with van der Waals surface area (Å²) in [6, 6.07) is 17.5. The normalized spacial score (nSPS) is 15.0. The molecule has 2 aliphatic heterocycles. The number of thiophene rings is 6. The van der Waals surface area contributed by atoms with Crippen LogP contribution < -0.4 is 9.47 Å². The van der Waals surface area contributed by atoms with Crippen molar-refractivity contribution < 1.29 is 9.47 Å². The van der Waals surface area contributed by atoms with Crippen molar-refractivity contribution in [3.05, 3.63) is 58.9 Å². The summed E-state index contributed by atoms with van der Waals surface area (Å²) in [6.45, 7) is 15.5. The first-order chi connectivity index (χ1) is 23.0. The third kappa shape index (κ3) is 4.73. The maximum atomic E-state index is 9.13. The molecule has 0 saturated carbocycles. The Balaban J connectivity index is 1.21. The van der Waals surface area contributed by atoms with Crippen LogP contribution in [0.4, 0.5) is 10.0 Å². The van der Waals surface area contributed by atoms with Crippen LogP contribution in [0.2, 0.25) is 0 Å². The zero-order chi connectivity index (χ0) is 33.5. The number of ether oxygens (including phenoxy) is 2. The van der Waals surface area contributed by atoms with Crippen LogP contribution in [0.3, 0.4) is 0 Å². The van der Waals surface area contributed by atoms with Gasteiger partial charge in [-0.25, -0.2) is 10.3 Å². The SMILES string of the molecule is [C-]#[N+]C(C#N)=Nc1ccc(-c2cc3c(s2)-c2sc4c5c(sc4c2OC3(C)C)-c2sc(-c3ccc(N=C(C#N)C#N)s3)cc2C(C)(C)O5)s1. The number of nitrogens with zero attached hydrogens (tertiary/aromatic N) is 6. The summed E-state index contributed by atoms with van der Waals surface area (Å²) in [4.78, 5) is 20.3. The first-order valence-corrected chi connectivity index (χ1v) is 19.2. The molecule has 0 aliphatic carbocycles. The lowest BCUT2D eigenvalue weighted by molar-refractivity contribution is 0.108. The molecule has 0 amide bonds. The Kier molecular flexibility index (Phi) is 7.00. The van der Waals surface area contributed by atoms with Crippen LogP contribution in [-0.2, 0) is 11.2 Å². The summed E-state index contributed by atoms with van der Waals surface area (Å²) in [5, 5.41) is 28.6. The maximum absolute atomic E-state index is 9.13. The van der Waals surface area contributed by atoms with E-state index >= 15 is 0 Å². The topological polar surface area (TPSA) is 119 Å². The summed E-state index contributed by atoms with van der Waals surface area (Å²) in [5.74, 6) is 1.60. The van der Waals surface area contributed by atoms with Crippen LogP contribution >= 0.6 is 68.0 Å². The van der Waals surface area contributed by atoms with Crippen LogP contribution in [0.25, 0.3) is 53.3 Å². The van der Waals surface area contributed by atoms with Crippen molar-refractivity contribution in [2.24, 2.45) is 9.98 Å². The van der Waals surface area contributed by atoms with E-state index in [4.69, 9.17) is 31.8 Å². The van der Waals surface area contributed by atoms with E-state index in [2.05, 4.69) is 54.7 Å². The molecule has 0 atom stereocenters. The lowest BCUT2D eigenvalue weighted by Crippen LogP contribution is -2.27. The van der Waals surface area contributed by atoms with Crippen LogP contribution in [0.15, 0.2) is 46.4 Å². The van der Waals surface area contributed by atoms with Crippen LogP contribution in [0.5, 0.6) is 11.5 Å². The average Bonchev–Trinajstić information content (AvgIpc) is 3.89. The molecular formula is C34H18N6O2S6. The molecule has 6 aromatic rings. The Labute approximate surface area is 298 Å². The summed E-state index contributed by atoms with van der Waals surface area (Å²) in [6.07, 6.45) is 0. The minimum Gasteiger partial charge on any atom is -0.480 e. The molecule has 0 N–H and O–H groups in total. The Bertz CT molecular complexity index is 2380. The minimum atomic E-state index is -0.567. The molecule has 48 heavy (non-hydrogen) atoms. The van der Waals surface area contributed by atoms with Gasteiger partial charge in [-0.15, -0.1) is 56.7 Å². The van der Waals surface area contributed by atoms with Crippen molar-refractivity contribution in [3.63, 3.8) is 0 Å². The molecular weight excluding hydrogens is 717 g/mol. The van der Waals surface area contributed by atoms with Gasteiger partial charge in [-0.1, -0.05) is 22.9 Å². The monoisotopic (exact) mass is 734 g/mol. The van der Waals surface area contributed by atoms with Gasteiger partial charge in [0.15, 0.2) is 11.5 Å². The molecule has 6 aromatic heterocycles. The lowest BCUT2D eigenvalue weighted by atomic mass is 9.95. The number of nitriles is 3. The largest absolute Gasteiger partial charge is 0.480 e. The van der Waals surface area contributed by atoms with Crippen molar-refractivity contribution in [1.29, 1.82) is 15.8 Å². The molecule has 0 saturated heterocycles. The quantitative estimate of drug-likeness (QED) is 0.101. The molecule has 2 aliphatic rings. The molecule has 0 fully saturated rings. The van der Waals surface area contributed by atoms with E-state index in [0.29, 0.717) is 10.0 Å². The van der Waals surface area contributed by atoms with Gasteiger partial charge < -0.3 is 14.3 Å². The summed E-state index contributed by atoms with van der Waals surface area (Å²) < 4.78 is 15.8. The Morgan fingerprint density at radius 1 is 0.646 bits per heavy atom. The molecule has 0 aromatic carbocycles. The average molecular weight is 735 g/mol. The van der Waals surface area contributed by atoms with Crippen LogP contribution in [0.1, 0.15) is 38.8 Å². The van der Waals surface area contributed by atoms with E-state index in [-0.39, 0.29) is 11.5 Å². The van der Waals surface area contributed by atoms with Crippen molar-refractivity contribution in [2.45, 2.75) is 38.9 Å². The molecule has 232 valence electrons. The highest BCUT2D eigenvalue weighted by atomic mass is 32.1. The van der Waals surface area contributed by atoms with Gasteiger partial charge in [-0.3, -0.25) is 0 Å². The molecule has 0 bridgehead atoms. The predicted octanol–water partition coefficient (Wildman–Crippen LogP) is 11.7. The van der Waals surface area contributed by atoms with E-state index < -0.39 is 11.2 Å². The number of fused-ring (bicyclic) bond motifs is 9. The molecule has 8 nitrogen and oxygen atoms in total. The van der Waals surface area contributed by atoms with E-state index in [1.807, 2.05) is 42.5 Å². The van der Waals surface area contributed by atoms with Gasteiger partial charge in [-0.2, -0.15) is 10.5 Å². The lowest BCUT2D eigenvalue weighted by Gasteiger charge is -2.31. The van der Waals surface area contributed by atoms with Gasteiger partial charge in [-0.05, 0) is 64.1 Å². The zero-order valence-electron chi connectivity index (χ0n) is 25.4. The highest BCUT2D eigenvalue weighted by Crippen LogP contribution is 2.65. The third-order valence-corrected chi connectivity index (χ3v) is 15.3. The maximum Gasteiger partial charge on any atom is 0.350 e. The Morgan fingerprint density at radius 3 is 1.56 bits per heavy atom. The fourth-order valence-corrected chi connectivity index (χ4v) is 13.1. The van der Waals surface area contributed by atoms with Crippen molar-refractivity contribution in [2.75, 3.05) is 0 Å². The second-order valence-corrected chi connectivity index (χ2v) is 18.0. The van der Waals surface area contributed by atoms with Crippen LogP contribution in [-0.4, -0.2) is 11.5 Å². The molecule has 8 rings (SSSR count). The standard InChI is InChI=1S/C34H18N6O2S6/c1-33(2)16-10-20(18-6-8-23(43-18)39-15(12-35)13-36)45-27(16)29-25(41-33)31-32(47-29)26-30(48-31)28-17(34(3,4)42-26)11-21(46-28)19-7-9-24(44-19)40-22(14-37)38-5/h6-11H,1-4H3. The smallest absolute Gasteiger partial charge is 0.350 e. The third-order valence-electron chi connectivity index (χ3n) is 7.85. The molecule has 8 heterocycles. The Hall–Kier alpha value is -4.64. The number of amidine groups is 1. The van der Waals surface area contributed by atoms with Gasteiger partial charge in [0.05, 0.1) is 28.9 Å². The van der Waals surface area contributed by atoms with E-state index in [1.165, 1.54) is 32.4 Å². The highest BCUT2D eigenvalue weighted by Gasteiger charge is 2.42. The minimum absolute atomic E-state index is 0.162. The van der Waals surface area contributed by atoms with Crippen molar-refractivity contribution in [1.82, 2.24) is 0 Å². The number of hydrogen-bond donors (Lipinski definition) is 0. The van der Waals surface area contributed by atoms with Gasteiger partial charge in [0, 0.05) is 30.6 Å². The summed E-state index contributed by atoms with van der Waals surface area (Å²) in [7, 11) is 0. The first-order valence-electron chi connectivity index (χ1n) is 14.3. The number of hydrogen-bond acceptors (Lipinski definition) is 13. The van der Waals surface area contributed by atoms with E-state index in [0.717, 1.165) is 61.3 Å². The first kappa shape index (κ1) is 30.7. The Morgan fingerprint density at radius 2 is 1.12 bits per heavy atom. The van der Waals surface area contributed by atoms with Crippen molar-refractivity contribution >= 4 is 99.0 Å². The van der Waals surface area contributed by atoms with Gasteiger partial charge >= 0.3 is 5.84 Å². The number of rotatable bonds is 4. The zero-order valence-corrected chi connectivity index (χ0v) is 30.3. The fourth-order valence-electron chi connectivity index (χ4n) is 5.66. The van der Waals surface area contributed by atoms with Gasteiger partial charge in [0.1, 0.15) is 34.4 Å². The van der Waals surface area contributed by atoms with E-state index in [1.54, 1.807) is 45.3 Å². The van der Waals surface area contributed by atoms with E-state index in [9.17, 15) is 0 Å². The van der Waals surface area contributed by atoms with Crippen molar-refractivity contribution in [3.8, 4) is 68.7 Å². The van der Waals surface area contributed by atoms with Gasteiger partial charge in [0.25, 0.3) is 0 Å². The molecule has 0 unspecified atom stereocenters. The summed E-state index contributed by atoms with van der Waals surface area (Å²) >= 11 is 9.76. The predicted molar refractivity (Wildman–Crippen MR) is 198 cm³/mol. The molecule has 0 spiro atoms. The van der Waals surface area contributed by atoms with Crippen LogP contribution in [0, 0.1) is 40.6 Å². The fraction of sp³-hybridized carbons (Fsp3) is 0.176. The highest BCUT2D eigenvalue weighted by molar-refractivity contribution is 7.36. The molecule has 0 radical (unpaired) electrons. The summed E-state index contributed by atoms with van der Waals surface area (Å²) in [5.41, 5.74) is 0.948. The van der Waals surface area contributed by atoms with Gasteiger partial charge in [0.2, 0.25) is 10.7 Å². The molecule has 14 heteroatoms.